The maximum Gasteiger partial charge on any atom is 0.200 e. The van der Waals surface area contributed by atoms with Crippen molar-refractivity contribution in [3.63, 3.8) is 0 Å². The molecule has 1 nitrogen and oxygen atoms in total. The highest BCUT2D eigenvalue weighted by atomic mass is 19.2. The summed E-state index contributed by atoms with van der Waals surface area (Å²) in [6, 6.07) is 4.33. The molecule has 0 aliphatic carbocycles. The summed E-state index contributed by atoms with van der Waals surface area (Å²) < 4.78 is 79.2. The van der Waals surface area contributed by atoms with Crippen LogP contribution in [0.5, 0.6) is 0 Å². The van der Waals surface area contributed by atoms with Crippen LogP contribution in [-0.4, -0.2) is 5.11 Å². The molecule has 0 radical (unpaired) electrons. The fraction of sp³-hybridized carbons (Fsp3) is 0.0769. The lowest BCUT2D eigenvalue weighted by atomic mass is 9.99. The number of benzene rings is 2. The van der Waals surface area contributed by atoms with Crippen LogP contribution in [0.3, 0.4) is 0 Å². The Morgan fingerprint density at radius 1 is 0.700 bits per heavy atom. The number of aliphatic hydroxyl groups excluding tert-OH is 1. The molecule has 0 fully saturated rings. The first-order valence-electron chi connectivity index (χ1n) is 5.30. The van der Waals surface area contributed by atoms with Gasteiger partial charge in [-0.1, -0.05) is 18.2 Å². The molecule has 20 heavy (non-hydrogen) atoms. The average molecular weight is 292 g/mol. The summed E-state index contributed by atoms with van der Waals surface area (Å²) in [6.07, 6.45) is -2.32. The Balaban J connectivity index is 2.68. The second-order valence-corrected chi connectivity index (χ2v) is 3.91. The highest BCUT2D eigenvalue weighted by Crippen LogP contribution is 2.32. The first-order valence-corrected chi connectivity index (χ1v) is 5.30. The summed E-state index contributed by atoms with van der Waals surface area (Å²) in [5, 5.41) is 9.70. The third-order valence-corrected chi connectivity index (χ3v) is 2.72. The van der Waals surface area contributed by atoms with Crippen LogP contribution in [0.15, 0.2) is 24.3 Å². The van der Waals surface area contributed by atoms with Crippen molar-refractivity contribution in [2.45, 2.75) is 6.10 Å². The fourth-order valence-electron chi connectivity index (χ4n) is 1.71. The predicted molar refractivity (Wildman–Crippen MR) is 56.7 cm³/mol. The van der Waals surface area contributed by atoms with E-state index in [4.69, 9.17) is 0 Å². The molecule has 0 heterocycles. The smallest absolute Gasteiger partial charge is 0.200 e. The Labute approximate surface area is 109 Å². The standard InChI is InChI=1S/C13H6F6O/c14-6-4-2-1-3-5(6)13(20)7-8(15)10(17)12(19)11(18)9(7)16/h1-4,13,20H. The fourth-order valence-corrected chi connectivity index (χ4v) is 1.71. The maximum atomic E-state index is 13.5. The molecule has 0 amide bonds. The van der Waals surface area contributed by atoms with Gasteiger partial charge < -0.3 is 5.11 Å². The van der Waals surface area contributed by atoms with Gasteiger partial charge in [0.2, 0.25) is 5.82 Å². The molecule has 1 atom stereocenters. The van der Waals surface area contributed by atoms with Gasteiger partial charge in [-0.3, -0.25) is 0 Å². The lowest BCUT2D eigenvalue weighted by Gasteiger charge is -2.15. The molecule has 1 unspecified atom stereocenters. The zero-order valence-corrected chi connectivity index (χ0v) is 9.60. The largest absolute Gasteiger partial charge is 0.383 e. The molecule has 2 aromatic rings. The average Bonchev–Trinajstić information content (AvgIpc) is 2.43. The van der Waals surface area contributed by atoms with Crippen LogP contribution in [0.1, 0.15) is 17.2 Å². The van der Waals surface area contributed by atoms with Gasteiger partial charge in [-0.05, 0) is 6.07 Å². The molecule has 2 rings (SSSR count). The van der Waals surface area contributed by atoms with Crippen molar-refractivity contribution in [3.05, 3.63) is 70.3 Å². The van der Waals surface area contributed by atoms with E-state index in [1.165, 1.54) is 12.1 Å². The SMILES string of the molecule is OC(c1ccccc1F)c1c(F)c(F)c(F)c(F)c1F. The molecule has 0 spiro atoms. The summed E-state index contributed by atoms with van der Waals surface area (Å²) in [6.45, 7) is 0. The number of aliphatic hydroxyl groups is 1. The molecule has 0 aliphatic heterocycles. The lowest BCUT2D eigenvalue weighted by Crippen LogP contribution is -2.13. The molecule has 2 aromatic carbocycles. The molecule has 7 heteroatoms. The summed E-state index contributed by atoms with van der Waals surface area (Å²) in [7, 11) is 0. The van der Waals surface area contributed by atoms with Gasteiger partial charge in [0.05, 0.1) is 5.56 Å². The molecule has 0 bridgehead atoms. The van der Waals surface area contributed by atoms with Crippen molar-refractivity contribution in [2.75, 3.05) is 0 Å². The van der Waals surface area contributed by atoms with E-state index in [1.54, 1.807) is 0 Å². The Hall–Kier alpha value is -2.02. The summed E-state index contributed by atoms with van der Waals surface area (Å²) in [5.74, 6) is -12.2. The Morgan fingerprint density at radius 2 is 1.15 bits per heavy atom. The van der Waals surface area contributed by atoms with Gasteiger partial charge in [0.25, 0.3) is 0 Å². The van der Waals surface area contributed by atoms with Gasteiger partial charge in [0, 0.05) is 5.56 Å². The van der Waals surface area contributed by atoms with E-state index in [1.807, 2.05) is 0 Å². The second kappa shape index (κ2) is 5.16. The minimum Gasteiger partial charge on any atom is -0.383 e. The van der Waals surface area contributed by atoms with Crippen molar-refractivity contribution < 1.29 is 31.4 Å². The van der Waals surface area contributed by atoms with E-state index in [0.717, 1.165) is 12.1 Å². The minimum atomic E-state index is -2.34. The van der Waals surface area contributed by atoms with E-state index >= 15 is 0 Å². The van der Waals surface area contributed by atoms with Crippen molar-refractivity contribution >= 4 is 0 Å². The van der Waals surface area contributed by atoms with Gasteiger partial charge in [-0.15, -0.1) is 0 Å². The predicted octanol–water partition coefficient (Wildman–Crippen LogP) is 3.60. The van der Waals surface area contributed by atoms with Crippen LogP contribution in [0.2, 0.25) is 0 Å². The monoisotopic (exact) mass is 292 g/mol. The molecule has 0 saturated heterocycles. The summed E-state index contributed by atoms with van der Waals surface area (Å²) >= 11 is 0. The topological polar surface area (TPSA) is 20.2 Å². The van der Waals surface area contributed by atoms with Crippen LogP contribution in [0.25, 0.3) is 0 Å². The van der Waals surface area contributed by atoms with Crippen LogP contribution in [0, 0.1) is 34.9 Å². The summed E-state index contributed by atoms with van der Waals surface area (Å²) in [4.78, 5) is 0. The van der Waals surface area contributed by atoms with Crippen molar-refractivity contribution in [1.29, 1.82) is 0 Å². The van der Waals surface area contributed by atoms with E-state index in [-0.39, 0.29) is 0 Å². The van der Waals surface area contributed by atoms with Gasteiger partial charge in [0.1, 0.15) is 11.9 Å². The van der Waals surface area contributed by atoms with Gasteiger partial charge >= 0.3 is 0 Å². The van der Waals surface area contributed by atoms with Crippen LogP contribution in [-0.2, 0) is 0 Å². The molecule has 1 N–H and O–H groups in total. The molecule has 0 aliphatic rings. The van der Waals surface area contributed by atoms with E-state index < -0.39 is 52.1 Å². The third kappa shape index (κ3) is 2.14. The normalized spacial score (nSPS) is 12.6. The quantitative estimate of drug-likeness (QED) is 0.509. The first kappa shape index (κ1) is 14.4. The number of hydrogen-bond acceptors (Lipinski definition) is 1. The van der Waals surface area contributed by atoms with Gasteiger partial charge in [-0.25, -0.2) is 26.3 Å². The molecule has 0 aromatic heterocycles. The van der Waals surface area contributed by atoms with E-state index in [0.29, 0.717) is 0 Å². The Bertz CT molecular complexity index is 641. The number of halogens is 6. The van der Waals surface area contributed by atoms with E-state index in [9.17, 15) is 31.4 Å². The Morgan fingerprint density at radius 3 is 1.65 bits per heavy atom. The number of rotatable bonds is 2. The van der Waals surface area contributed by atoms with Crippen molar-refractivity contribution in [2.24, 2.45) is 0 Å². The third-order valence-electron chi connectivity index (χ3n) is 2.72. The second-order valence-electron chi connectivity index (χ2n) is 3.91. The molecule has 0 saturated carbocycles. The van der Waals surface area contributed by atoms with Crippen LogP contribution < -0.4 is 0 Å². The Kier molecular flexibility index (Phi) is 3.71. The lowest BCUT2D eigenvalue weighted by molar-refractivity contribution is 0.198. The minimum absolute atomic E-state index is 0.601. The zero-order valence-electron chi connectivity index (χ0n) is 9.60. The van der Waals surface area contributed by atoms with Gasteiger partial charge in [-0.2, -0.15) is 0 Å². The highest BCUT2D eigenvalue weighted by Gasteiger charge is 2.31. The maximum absolute atomic E-state index is 13.5. The molecular weight excluding hydrogens is 286 g/mol. The molecular formula is C13H6F6O. The van der Waals surface area contributed by atoms with Gasteiger partial charge in [0.15, 0.2) is 23.3 Å². The molecule has 106 valence electrons. The van der Waals surface area contributed by atoms with Crippen molar-refractivity contribution in [1.82, 2.24) is 0 Å². The van der Waals surface area contributed by atoms with Crippen LogP contribution >= 0.6 is 0 Å². The zero-order chi connectivity index (χ0) is 15.0. The van der Waals surface area contributed by atoms with E-state index in [2.05, 4.69) is 0 Å². The number of hydrogen-bond donors (Lipinski definition) is 1. The first-order chi connectivity index (χ1) is 9.36. The van der Waals surface area contributed by atoms with Crippen LogP contribution in [0.4, 0.5) is 26.3 Å². The van der Waals surface area contributed by atoms with Crippen molar-refractivity contribution in [3.8, 4) is 0 Å². The summed E-state index contributed by atoms with van der Waals surface area (Å²) in [5.41, 5.74) is -2.10. The highest BCUT2D eigenvalue weighted by molar-refractivity contribution is 5.34.